The molecular formula is C16H23NO2. The fourth-order valence-electron chi connectivity index (χ4n) is 3.19. The van der Waals surface area contributed by atoms with Crippen molar-refractivity contribution in [2.45, 2.75) is 31.6 Å². The lowest BCUT2D eigenvalue weighted by molar-refractivity contribution is -0.0702. The Morgan fingerprint density at radius 2 is 2.21 bits per heavy atom. The van der Waals surface area contributed by atoms with Crippen molar-refractivity contribution in [3.05, 3.63) is 29.3 Å². The molecule has 0 saturated carbocycles. The van der Waals surface area contributed by atoms with Crippen LogP contribution in [0.4, 0.5) is 0 Å². The van der Waals surface area contributed by atoms with Gasteiger partial charge in [0.05, 0.1) is 19.8 Å². The van der Waals surface area contributed by atoms with Gasteiger partial charge in [-0.25, -0.2) is 0 Å². The molecule has 3 heteroatoms. The van der Waals surface area contributed by atoms with E-state index >= 15 is 0 Å². The number of benzene rings is 1. The van der Waals surface area contributed by atoms with Gasteiger partial charge in [0.25, 0.3) is 0 Å². The van der Waals surface area contributed by atoms with E-state index in [0.29, 0.717) is 5.92 Å². The minimum absolute atomic E-state index is 0.186. The highest BCUT2D eigenvalue weighted by atomic mass is 16.5. The molecular weight excluding hydrogens is 238 g/mol. The average molecular weight is 261 g/mol. The molecule has 0 aromatic heterocycles. The molecule has 1 aromatic rings. The van der Waals surface area contributed by atoms with E-state index in [4.69, 9.17) is 15.2 Å². The summed E-state index contributed by atoms with van der Waals surface area (Å²) in [4.78, 5) is 0. The summed E-state index contributed by atoms with van der Waals surface area (Å²) in [7, 11) is 0. The van der Waals surface area contributed by atoms with Crippen molar-refractivity contribution in [3.8, 4) is 5.75 Å². The third-order valence-corrected chi connectivity index (χ3v) is 4.42. The van der Waals surface area contributed by atoms with E-state index in [1.807, 2.05) is 0 Å². The summed E-state index contributed by atoms with van der Waals surface area (Å²) in [6.07, 6.45) is 3.37. The first-order valence-corrected chi connectivity index (χ1v) is 7.27. The van der Waals surface area contributed by atoms with Gasteiger partial charge in [-0.2, -0.15) is 0 Å². The van der Waals surface area contributed by atoms with Crippen molar-refractivity contribution < 1.29 is 9.47 Å². The first-order chi connectivity index (χ1) is 9.23. The lowest BCUT2D eigenvalue weighted by Crippen LogP contribution is -2.48. The summed E-state index contributed by atoms with van der Waals surface area (Å²) in [5.74, 6) is 1.61. The van der Waals surface area contributed by atoms with Gasteiger partial charge >= 0.3 is 0 Å². The lowest BCUT2D eigenvalue weighted by Gasteiger charge is -2.44. The summed E-state index contributed by atoms with van der Waals surface area (Å²) >= 11 is 0. The Morgan fingerprint density at radius 1 is 1.37 bits per heavy atom. The van der Waals surface area contributed by atoms with Gasteiger partial charge in [-0.15, -0.1) is 0 Å². The highest BCUT2D eigenvalue weighted by Gasteiger charge is 2.41. The van der Waals surface area contributed by atoms with Gasteiger partial charge < -0.3 is 15.2 Å². The van der Waals surface area contributed by atoms with Crippen LogP contribution in [0, 0.1) is 5.92 Å². The second-order valence-electron chi connectivity index (χ2n) is 6.09. The third-order valence-electron chi connectivity index (χ3n) is 4.42. The highest BCUT2D eigenvalue weighted by molar-refractivity contribution is 5.42. The number of hydrogen-bond donors (Lipinski definition) is 1. The Hall–Kier alpha value is -1.06. The first kappa shape index (κ1) is 12.9. The van der Waals surface area contributed by atoms with Gasteiger partial charge in [0.2, 0.25) is 0 Å². The van der Waals surface area contributed by atoms with Crippen molar-refractivity contribution >= 4 is 0 Å². The molecule has 2 N–H and O–H groups in total. The van der Waals surface area contributed by atoms with Crippen LogP contribution in [0.5, 0.6) is 5.75 Å². The smallest absolute Gasteiger partial charge is 0.122 e. The van der Waals surface area contributed by atoms with E-state index in [9.17, 15) is 0 Å². The fourth-order valence-corrected chi connectivity index (χ4v) is 3.19. The maximum Gasteiger partial charge on any atom is 0.122 e. The summed E-state index contributed by atoms with van der Waals surface area (Å²) in [5.41, 5.74) is 8.73. The highest BCUT2D eigenvalue weighted by Crippen LogP contribution is 2.40. The van der Waals surface area contributed by atoms with E-state index < -0.39 is 0 Å². The molecule has 0 radical (unpaired) electrons. The molecule has 3 rings (SSSR count). The van der Waals surface area contributed by atoms with Gasteiger partial charge in [0, 0.05) is 5.41 Å². The Bertz CT molecular complexity index is 454. The van der Waals surface area contributed by atoms with Crippen LogP contribution in [0.1, 0.15) is 30.9 Å². The molecule has 1 fully saturated rings. The van der Waals surface area contributed by atoms with Crippen molar-refractivity contribution in [1.29, 1.82) is 0 Å². The molecule has 2 aliphatic heterocycles. The predicted octanol–water partition coefficient (Wildman–Crippen LogP) is 2.26. The Morgan fingerprint density at radius 3 is 2.89 bits per heavy atom. The molecule has 0 spiro atoms. The molecule has 0 bridgehead atoms. The number of nitrogens with two attached hydrogens (primary N) is 1. The number of ether oxygens (including phenoxy) is 2. The van der Waals surface area contributed by atoms with E-state index in [1.54, 1.807) is 0 Å². The van der Waals surface area contributed by atoms with Crippen molar-refractivity contribution in [1.82, 2.24) is 0 Å². The minimum Gasteiger partial charge on any atom is -0.493 e. The second-order valence-corrected chi connectivity index (χ2v) is 6.09. The monoisotopic (exact) mass is 261 g/mol. The number of fused-ring (bicyclic) bond motifs is 1. The standard InChI is InChI=1S/C16H23NO2/c1-12(9-17)8-16(10-18-11-16)14-4-5-15-13(7-14)3-2-6-19-15/h4-5,7,12H,2-3,6,8-11,17H2,1H3. The molecule has 0 amide bonds. The Labute approximate surface area is 115 Å². The molecule has 1 aromatic carbocycles. The number of aryl methyl sites for hydroxylation is 1. The van der Waals surface area contributed by atoms with Crippen LogP contribution >= 0.6 is 0 Å². The van der Waals surface area contributed by atoms with Crippen LogP contribution in [-0.4, -0.2) is 26.4 Å². The summed E-state index contributed by atoms with van der Waals surface area (Å²) in [5, 5.41) is 0. The van der Waals surface area contributed by atoms with Crippen LogP contribution in [0.3, 0.4) is 0 Å². The second kappa shape index (κ2) is 5.14. The summed E-state index contributed by atoms with van der Waals surface area (Å²) in [6, 6.07) is 6.69. The number of rotatable bonds is 4. The average Bonchev–Trinajstić information content (AvgIpc) is 2.42. The molecule has 3 nitrogen and oxygen atoms in total. The minimum atomic E-state index is 0.186. The van der Waals surface area contributed by atoms with E-state index in [0.717, 1.165) is 51.4 Å². The van der Waals surface area contributed by atoms with E-state index in [1.165, 1.54) is 11.1 Å². The predicted molar refractivity (Wildman–Crippen MR) is 75.6 cm³/mol. The Balaban J connectivity index is 1.87. The van der Waals surface area contributed by atoms with Crippen LogP contribution < -0.4 is 10.5 Å². The lowest BCUT2D eigenvalue weighted by atomic mass is 9.72. The molecule has 19 heavy (non-hydrogen) atoms. The maximum atomic E-state index is 5.79. The van der Waals surface area contributed by atoms with Crippen molar-refractivity contribution in [2.75, 3.05) is 26.4 Å². The van der Waals surface area contributed by atoms with E-state index in [-0.39, 0.29) is 5.41 Å². The van der Waals surface area contributed by atoms with Gasteiger partial charge in [0.1, 0.15) is 5.75 Å². The van der Waals surface area contributed by atoms with Gasteiger partial charge in [-0.05, 0) is 48.9 Å². The maximum absolute atomic E-state index is 5.79. The zero-order valence-electron chi connectivity index (χ0n) is 11.7. The van der Waals surface area contributed by atoms with Crippen LogP contribution in [0.2, 0.25) is 0 Å². The topological polar surface area (TPSA) is 44.5 Å². The molecule has 1 saturated heterocycles. The number of hydrogen-bond acceptors (Lipinski definition) is 3. The van der Waals surface area contributed by atoms with E-state index in [2.05, 4.69) is 25.1 Å². The van der Waals surface area contributed by atoms with Crippen molar-refractivity contribution in [2.24, 2.45) is 11.7 Å². The third kappa shape index (κ3) is 2.37. The first-order valence-electron chi connectivity index (χ1n) is 7.27. The largest absolute Gasteiger partial charge is 0.493 e. The molecule has 1 unspecified atom stereocenters. The van der Waals surface area contributed by atoms with Crippen LogP contribution in [0.25, 0.3) is 0 Å². The quantitative estimate of drug-likeness (QED) is 0.904. The summed E-state index contributed by atoms with van der Waals surface area (Å²) in [6.45, 7) is 5.48. The fraction of sp³-hybridized carbons (Fsp3) is 0.625. The van der Waals surface area contributed by atoms with Gasteiger partial charge in [-0.3, -0.25) is 0 Å². The zero-order valence-corrected chi connectivity index (χ0v) is 11.7. The van der Waals surface area contributed by atoms with Crippen LogP contribution in [0.15, 0.2) is 18.2 Å². The molecule has 1 atom stereocenters. The Kier molecular flexibility index (Phi) is 3.50. The summed E-state index contributed by atoms with van der Waals surface area (Å²) < 4.78 is 11.2. The van der Waals surface area contributed by atoms with Crippen molar-refractivity contribution in [3.63, 3.8) is 0 Å². The molecule has 2 heterocycles. The zero-order chi connectivity index (χ0) is 13.3. The van der Waals surface area contributed by atoms with Gasteiger partial charge in [0.15, 0.2) is 0 Å². The molecule has 2 aliphatic rings. The normalized spacial score (nSPS) is 22.0. The van der Waals surface area contributed by atoms with Gasteiger partial charge in [-0.1, -0.05) is 19.1 Å². The van der Waals surface area contributed by atoms with Crippen LogP contribution in [-0.2, 0) is 16.6 Å². The molecule has 104 valence electrons. The SMILES string of the molecule is CC(CN)CC1(c2ccc3c(c2)CCCO3)COC1. The molecule has 0 aliphatic carbocycles.